The maximum atomic E-state index is 11.1. The number of Topliss-reactive ketones (excluding diaryl/α,β-unsaturated/α-hetero) is 1. The van der Waals surface area contributed by atoms with Crippen molar-refractivity contribution in [2.45, 2.75) is 6.92 Å². The van der Waals surface area contributed by atoms with Crippen LogP contribution in [0.2, 0.25) is 0 Å². The van der Waals surface area contributed by atoms with Crippen molar-refractivity contribution in [1.82, 2.24) is 4.98 Å². The predicted octanol–water partition coefficient (Wildman–Crippen LogP) is 2.13. The molecule has 1 aromatic heterocycles. The molecule has 1 N–H and O–H groups in total. The van der Waals surface area contributed by atoms with E-state index in [9.17, 15) is 9.59 Å². The molecular formula is C12H9NO4. The Labute approximate surface area is 96.4 Å². The van der Waals surface area contributed by atoms with Gasteiger partial charge in [0.05, 0.1) is 0 Å². The van der Waals surface area contributed by atoms with E-state index in [1.165, 1.54) is 13.0 Å². The third-order valence-electron chi connectivity index (χ3n) is 2.16. The molecule has 17 heavy (non-hydrogen) atoms. The zero-order valence-electron chi connectivity index (χ0n) is 9.01. The molecule has 0 amide bonds. The summed E-state index contributed by atoms with van der Waals surface area (Å²) in [5.41, 5.74) is 1.54. The molecule has 5 nitrogen and oxygen atoms in total. The Kier molecular flexibility index (Phi) is 2.74. The molecule has 0 atom stereocenters. The van der Waals surface area contributed by atoms with Crippen molar-refractivity contribution in [1.29, 1.82) is 0 Å². The Morgan fingerprint density at radius 1 is 1.41 bits per heavy atom. The Hall–Kier alpha value is -2.43. The number of rotatable bonds is 3. The second kappa shape index (κ2) is 4.21. The van der Waals surface area contributed by atoms with Crippen LogP contribution in [0.4, 0.5) is 0 Å². The van der Waals surface area contributed by atoms with Gasteiger partial charge in [0.15, 0.2) is 5.58 Å². The van der Waals surface area contributed by atoms with E-state index in [-0.39, 0.29) is 11.7 Å². The number of hydrogen-bond acceptors (Lipinski definition) is 4. The van der Waals surface area contributed by atoms with E-state index >= 15 is 0 Å². The lowest BCUT2D eigenvalue weighted by atomic mass is 10.2. The fourth-order valence-corrected chi connectivity index (χ4v) is 1.42. The second-order valence-electron chi connectivity index (χ2n) is 3.44. The van der Waals surface area contributed by atoms with Gasteiger partial charge in [-0.3, -0.25) is 4.79 Å². The molecule has 0 bridgehead atoms. The van der Waals surface area contributed by atoms with Crippen molar-refractivity contribution < 1.29 is 19.1 Å². The molecule has 0 spiro atoms. The van der Waals surface area contributed by atoms with E-state index in [1.54, 1.807) is 18.2 Å². The quantitative estimate of drug-likeness (QED) is 0.646. The van der Waals surface area contributed by atoms with Crippen LogP contribution in [-0.2, 0) is 4.79 Å². The molecule has 86 valence electrons. The molecule has 0 saturated carbocycles. The van der Waals surface area contributed by atoms with Gasteiger partial charge in [-0.25, -0.2) is 9.78 Å². The van der Waals surface area contributed by atoms with Crippen LogP contribution >= 0.6 is 0 Å². The number of oxazole rings is 1. The molecule has 0 unspecified atom stereocenters. The summed E-state index contributed by atoms with van der Waals surface area (Å²) in [6, 6.07) is 5.08. The summed E-state index contributed by atoms with van der Waals surface area (Å²) in [5.74, 6) is -1.29. The summed E-state index contributed by atoms with van der Waals surface area (Å²) >= 11 is 0. The van der Waals surface area contributed by atoms with E-state index in [4.69, 9.17) is 9.52 Å². The predicted molar refractivity (Wildman–Crippen MR) is 60.7 cm³/mol. The summed E-state index contributed by atoms with van der Waals surface area (Å²) in [4.78, 5) is 25.6. The average molecular weight is 231 g/mol. The van der Waals surface area contributed by atoms with Gasteiger partial charge in [-0.2, -0.15) is 0 Å². The fourth-order valence-electron chi connectivity index (χ4n) is 1.42. The number of hydrogen-bond donors (Lipinski definition) is 1. The number of carbonyl (C=O) groups excluding carboxylic acids is 1. The summed E-state index contributed by atoms with van der Waals surface area (Å²) < 4.78 is 5.23. The summed E-state index contributed by atoms with van der Waals surface area (Å²) in [6.45, 7) is 1.36. The number of carbonyl (C=O) groups is 2. The zero-order valence-corrected chi connectivity index (χ0v) is 9.01. The van der Waals surface area contributed by atoms with E-state index in [0.717, 1.165) is 6.08 Å². The SMILES string of the molecule is CC(=O)c1nc2c(/C=C/C(=O)O)cccc2o1. The topological polar surface area (TPSA) is 80.4 Å². The average Bonchev–Trinajstić information content (AvgIpc) is 2.70. The lowest BCUT2D eigenvalue weighted by molar-refractivity contribution is -0.131. The smallest absolute Gasteiger partial charge is 0.328 e. The number of para-hydroxylation sites is 1. The monoisotopic (exact) mass is 231 g/mol. The molecule has 1 heterocycles. The van der Waals surface area contributed by atoms with Gasteiger partial charge in [-0.15, -0.1) is 0 Å². The van der Waals surface area contributed by atoms with Crippen molar-refractivity contribution >= 4 is 28.9 Å². The lowest BCUT2D eigenvalue weighted by Crippen LogP contribution is -1.90. The van der Waals surface area contributed by atoms with Crippen LogP contribution in [0.5, 0.6) is 0 Å². The normalized spacial score (nSPS) is 11.1. The molecule has 0 aliphatic rings. The van der Waals surface area contributed by atoms with Crippen molar-refractivity contribution in [3.63, 3.8) is 0 Å². The third-order valence-corrected chi connectivity index (χ3v) is 2.16. The molecule has 5 heteroatoms. The molecular weight excluding hydrogens is 222 g/mol. The first-order chi connectivity index (χ1) is 8.08. The van der Waals surface area contributed by atoms with Crippen molar-refractivity contribution in [3.05, 3.63) is 35.7 Å². The van der Waals surface area contributed by atoms with Gasteiger partial charge in [0, 0.05) is 18.6 Å². The number of carboxylic acid groups (broad SMARTS) is 1. The van der Waals surface area contributed by atoms with E-state index in [2.05, 4.69) is 4.98 Å². The number of fused-ring (bicyclic) bond motifs is 1. The second-order valence-corrected chi connectivity index (χ2v) is 3.44. The molecule has 0 aliphatic heterocycles. The highest BCUT2D eigenvalue weighted by Gasteiger charge is 2.11. The Morgan fingerprint density at radius 3 is 2.82 bits per heavy atom. The van der Waals surface area contributed by atoms with Crippen molar-refractivity contribution in [2.75, 3.05) is 0 Å². The summed E-state index contributed by atoms with van der Waals surface area (Å²) in [7, 11) is 0. The summed E-state index contributed by atoms with van der Waals surface area (Å²) in [5, 5.41) is 8.56. The van der Waals surface area contributed by atoms with Gasteiger partial charge in [-0.1, -0.05) is 12.1 Å². The highest BCUT2D eigenvalue weighted by atomic mass is 16.4. The first-order valence-electron chi connectivity index (χ1n) is 4.89. The third kappa shape index (κ3) is 2.23. The first-order valence-corrected chi connectivity index (χ1v) is 4.89. The highest BCUT2D eigenvalue weighted by molar-refractivity contribution is 5.95. The number of nitrogens with zero attached hydrogens (tertiary/aromatic N) is 1. The van der Waals surface area contributed by atoms with Gasteiger partial charge in [0.25, 0.3) is 5.89 Å². The van der Waals surface area contributed by atoms with Gasteiger partial charge in [-0.05, 0) is 12.1 Å². The van der Waals surface area contributed by atoms with Crippen LogP contribution < -0.4 is 0 Å². The molecule has 1 aromatic carbocycles. The van der Waals surface area contributed by atoms with Gasteiger partial charge < -0.3 is 9.52 Å². The van der Waals surface area contributed by atoms with E-state index in [0.29, 0.717) is 16.7 Å². The maximum Gasteiger partial charge on any atom is 0.328 e. The number of benzene rings is 1. The summed E-state index contributed by atoms with van der Waals surface area (Å²) in [6.07, 6.45) is 2.42. The first kappa shape index (κ1) is 11.1. The minimum atomic E-state index is -1.04. The maximum absolute atomic E-state index is 11.1. The molecule has 2 aromatic rings. The van der Waals surface area contributed by atoms with Gasteiger partial charge in [0.2, 0.25) is 5.78 Å². The van der Waals surface area contributed by atoms with Crippen LogP contribution in [-0.4, -0.2) is 21.8 Å². The molecule has 0 saturated heterocycles. The number of carboxylic acids is 1. The van der Waals surface area contributed by atoms with E-state index < -0.39 is 5.97 Å². The van der Waals surface area contributed by atoms with Crippen molar-refractivity contribution in [2.24, 2.45) is 0 Å². The van der Waals surface area contributed by atoms with Gasteiger partial charge >= 0.3 is 5.97 Å². The minimum Gasteiger partial charge on any atom is -0.478 e. The van der Waals surface area contributed by atoms with Gasteiger partial charge in [0.1, 0.15) is 5.52 Å². The minimum absolute atomic E-state index is 0.0242. The molecule has 0 fully saturated rings. The number of aromatic nitrogens is 1. The Morgan fingerprint density at radius 2 is 2.18 bits per heavy atom. The molecule has 0 aliphatic carbocycles. The number of ketones is 1. The largest absolute Gasteiger partial charge is 0.478 e. The Bertz CT molecular complexity index is 624. The standard InChI is InChI=1S/C12H9NO4/c1-7(14)12-13-11-8(5-6-10(15)16)3-2-4-9(11)17-12/h2-6H,1H3,(H,15,16)/b6-5+. The fraction of sp³-hybridized carbons (Fsp3) is 0.0833. The van der Waals surface area contributed by atoms with Crippen LogP contribution in [0, 0.1) is 0 Å². The Balaban J connectivity index is 2.56. The zero-order chi connectivity index (χ0) is 12.4. The van der Waals surface area contributed by atoms with Crippen LogP contribution in [0.15, 0.2) is 28.7 Å². The van der Waals surface area contributed by atoms with E-state index in [1.807, 2.05) is 0 Å². The van der Waals surface area contributed by atoms with Crippen LogP contribution in [0.3, 0.4) is 0 Å². The lowest BCUT2D eigenvalue weighted by Gasteiger charge is -1.92. The molecule has 2 rings (SSSR count). The molecule has 0 radical (unpaired) electrons. The van der Waals surface area contributed by atoms with Crippen LogP contribution in [0.25, 0.3) is 17.2 Å². The number of aliphatic carboxylic acids is 1. The van der Waals surface area contributed by atoms with Crippen LogP contribution in [0.1, 0.15) is 23.2 Å². The van der Waals surface area contributed by atoms with Crippen molar-refractivity contribution in [3.8, 4) is 0 Å². The highest BCUT2D eigenvalue weighted by Crippen LogP contribution is 2.20.